The Bertz CT molecular complexity index is 760. The summed E-state index contributed by atoms with van der Waals surface area (Å²) in [7, 11) is 0. The zero-order valence-corrected chi connectivity index (χ0v) is 18.3. The minimum absolute atomic E-state index is 0.346. The van der Waals surface area contributed by atoms with Crippen LogP contribution in [0.15, 0.2) is 24.3 Å². The van der Waals surface area contributed by atoms with Crippen LogP contribution >= 0.6 is 0 Å². The molecule has 2 aromatic carbocycles. The van der Waals surface area contributed by atoms with Crippen molar-refractivity contribution in [2.75, 3.05) is 0 Å². The fraction of sp³-hybridized carbons (Fsp3) is 0.520. The molecule has 0 aliphatic carbocycles. The molecule has 2 heteroatoms. The van der Waals surface area contributed by atoms with Gasteiger partial charge in [0.15, 0.2) is 0 Å². The third-order valence-electron chi connectivity index (χ3n) is 5.71. The van der Waals surface area contributed by atoms with Crippen LogP contribution in [-0.4, -0.2) is 10.2 Å². The van der Waals surface area contributed by atoms with Crippen molar-refractivity contribution in [3.05, 3.63) is 57.6 Å². The molecule has 0 radical (unpaired) electrons. The maximum absolute atomic E-state index is 11.0. The second-order valence-corrected chi connectivity index (χ2v) is 9.23. The first-order chi connectivity index (χ1) is 12.5. The third-order valence-corrected chi connectivity index (χ3v) is 5.71. The van der Waals surface area contributed by atoms with Crippen LogP contribution < -0.4 is 0 Å². The van der Waals surface area contributed by atoms with Gasteiger partial charge in [-0.1, -0.05) is 63.1 Å². The Balaban J connectivity index is 2.74. The number of phenols is 2. The van der Waals surface area contributed by atoms with Crippen molar-refractivity contribution in [2.24, 2.45) is 11.8 Å². The molecule has 27 heavy (non-hydrogen) atoms. The zero-order valence-electron chi connectivity index (χ0n) is 18.3. The van der Waals surface area contributed by atoms with Crippen LogP contribution in [0.4, 0.5) is 0 Å². The van der Waals surface area contributed by atoms with Gasteiger partial charge in [-0.25, -0.2) is 0 Å². The normalized spacial score (nSPS) is 13.2. The van der Waals surface area contributed by atoms with E-state index in [4.69, 9.17) is 0 Å². The molecule has 0 aromatic heterocycles. The Morgan fingerprint density at radius 3 is 1.56 bits per heavy atom. The van der Waals surface area contributed by atoms with Crippen LogP contribution in [0.5, 0.6) is 11.5 Å². The highest BCUT2D eigenvalue weighted by molar-refractivity contribution is 5.56. The quantitative estimate of drug-likeness (QED) is 0.595. The van der Waals surface area contributed by atoms with E-state index in [1.807, 2.05) is 26.0 Å². The first kappa shape index (κ1) is 21.3. The molecule has 0 bridgehead atoms. The molecular formula is C25H36O2. The van der Waals surface area contributed by atoms with E-state index in [9.17, 15) is 10.2 Å². The highest BCUT2D eigenvalue weighted by Crippen LogP contribution is 2.48. The minimum atomic E-state index is -0.462. The molecule has 0 spiro atoms. The summed E-state index contributed by atoms with van der Waals surface area (Å²) in [6.07, 6.45) is 1.99. The molecule has 1 unspecified atom stereocenters. The fourth-order valence-electron chi connectivity index (χ4n) is 4.71. The number of phenolic OH excluding ortho intramolecular Hbond substituents is 2. The van der Waals surface area contributed by atoms with E-state index in [-0.39, 0.29) is 0 Å². The average Bonchev–Trinajstić information content (AvgIpc) is 2.53. The molecule has 0 saturated carbocycles. The van der Waals surface area contributed by atoms with Gasteiger partial charge in [0.05, 0.1) is 0 Å². The number of hydrogen-bond acceptors (Lipinski definition) is 2. The number of rotatable bonds is 6. The van der Waals surface area contributed by atoms with Crippen molar-refractivity contribution >= 4 is 0 Å². The molecule has 2 N–H and O–H groups in total. The predicted octanol–water partition coefficient (Wildman–Crippen LogP) is 6.71. The van der Waals surface area contributed by atoms with Gasteiger partial charge in [0, 0.05) is 16.5 Å². The third kappa shape index (κ3) is 4.48. The average molecular weight is 369 g/mol. The summed E-state index contributed by atoms with van der Waals surface area (Å²) < 4.78 is 0. The van der Waals surface area contributed by atoms with Crippen molar-refractivity contribution in [3.8, 4) is 11.5 Å². The molecule has 0 heterocycles. The van der Waals surface area contributed by atoms with E-state index in [1.165, 1.54) is 0 Å². The minimum Gasteiger partial charge on any atom is -0.507 e. The lowest BCUT2D eigenvalue weighted by molar-refractivity contribution is 0.331. The van der Waals surface area contributed by atoms with Gasteiger partial charge in [-0.3, -0.25) is 0 Å². The summed E-state index contributed by atoms with van der Waals surface area (Å²) in [6.45, 7) is 17.0. The molecular weight excluding hydrogens is 332 g/mol. The predicted molar refractivity (Wildman–Crippen MR) is 115 cm³/mol. The molecule has 2 aromatic rings. The van der Waals surface area contributed by atoms with E-state index in [1.54, 1.807) is 0 Å². The van der Waals surface area contributed by atoms with Crippen molar-refractivity contribution in [3.63, 3.8) is 0 Å². The van der Waals surface area contributed by atoms with Crippen LogP contribution in [0.25, 0.3) is 0 Å². The van der Waals surface area contributed by atoms with Gasteiger partial charge < -0.3 is 10.2 Å². The number of hydrogen-bond donors (Lipinski definition) is 2. The first-order valence-corrected chi connectivity index (χ1v) is 10.1. The molecule has 2 rings (SSSR count). The molecule has 0 fully saturated rings. The summed E-state index contributed by atoms with van der Waals surface area (Å²) in [6, 6.07) is 8.19. The summed E-state index contributed by atoms with van der Waals surface area (Å²) in [4.78, 5) is 0. The van der Waals surface area contributed by atoms with Gasteiger partial charge in [-0.15, -0.1) is 0 Å². The van der Waals surface area contributed by atoms with Gasteiger partial charge in [0.2, 0.25) is 0 Å². The number of aryl methyl sites for hydroxylation is 4. The second-order valence-electron chi connectivity index (χ2n) is 9.23. The van der Waals surface area contributed by atoms with Crippen LogP contribution in [0, 0.1) is 39.5 Å². The molecule has 0 saturated heterocycles. The molecule has 0 amide bonds. The lowest BCUT2D eigenvalue weighted by Crippen LogP contribution is -2.28. The van der Waals surface area contributed by atoms with Gasteiger partial charge in [-0.05, 0) is 63.5 Å². The summed E-state index contributed by atoms with van der Waals surface area (Å²) >= 11 is 0. The highest BCUT2D eigenvalue weighted by atomic mass is 16.3. The molecule has 148 valence electrons. The topological polar surface area (TPSA) is 40.5 Å². The Hall–Kier alpha value is -1.96. The van der Waals surface area contributed by atoms with Crippen LogP contribution in [-0.2, 0) is 5.41 Å². The van der Waals surface area contributed by atoms with Crippen LogP contribution in [0.1, 0.15) is 73.9 Å². The van der Waals surface area contributed by atoms with E-state index < -0.39 is 5.41 Å². The Labute approximate surface area is 165 Å². The second kappa shape index (κ2) is 7.96. The van der Waals surface area contributed by atoms with Crippen LogP contribution in [0.2, 0.25) is 0 Å². The lowest BCUT2D eigenvalue weighted by atomic mass is 9.68. The highest BCUT2D eigenvalue weighted by Gasteiger charge is 2.36. The van der Waals surface area contributed by atoms with Gasteiger partial charge in [-0.2, -0.15) is 0 Å². The molecule has 0 aliphatic heterocycles. The van der Waals surface area contributed by atoms with Gasteiger partial charge in [0.1, 0.15) is 11.5 Å². The molecule has 1 atom stereocenters. The largest absolute Gasteiger partial charge is 0.507 e. The van der Waals surface area contributed by atoms with Gasteiger partial charge >= 0.3 is 0 Å². The monoisotopic (exact) mass is 368 g/mol. The van der Waals surface area contributed by atoms with Gasteiger partial charge in [0.25, 0.3) is 0 Å². The standard InChI is InChI=1S/C25H36O2/c1-15(2)9-18(5)14-25(8,21-12-16(3)10-19(6)23(21)26)22-13-17(4)11-20(7)24(22)27/h10-13,15,18,26-27H,9,14H2,1-8H3. The van der Waals surface area contributed by atoms with Crippen molar-refractivity contribution in [2.45, 2.75) is 73.6 Å². The maximum Gasteiger partial charge on any atom is 0.122 e. The summed E-state index contributed by atoms with van der Waals surface area (Å²) in [5, 5.41) is 21.9. The number of aromatic hydroxyl groups is 2. The molecule has 0 aliphatic rings. The Morgan fingerprint density at radius 2 is 1.19 bits per heavy atom. The number of benzene rings is 2. The van der Waals surface area contributed by atoms with Crippen molar-refractivity contribution < 1.29 is 10.2 Å². The van der Waals surface area contributed by atoms with E-state index in [0.717, 1.165) is 46.2 Å². The van der Waals surface area contributed by atoms with E-state index >= 15 is 0 Å². The Morgan fingerprint density at radius 1 is 0.778 bits per heavy atom. The lowest BCUT2D eigenvalue weighted by Gasteiger charge is -2.36. The Kier molecular flexibility index (Phi) is 6.29. The molecule has 2 nitrogen and oxygen atoms in total. The van der Waals surface area contributed by atoms with Crippen molar-refractivity contribution in [1.29, 1.82) is 0 Å². The summed E-state index contributed by atoms with van der Waals surface area (Å²) in [5.41, 5.74) is 5.40. The SMILES string of the molecule is Cc1cc(C)c(O)c(C(C)(CC(C)CC(C)C)c2cc(C)cc(C)c2O)c1. The maximum atomic E-state index is 11.0. The van der Waals surface area contributed by atoms with Crippen LogP contribution in [0.3, 0.4) is 0 Å². The first-order valence-electron chi connectivity index (χ1n) is 10.1. The fourth-order valence-corrected chi connectivity index (χ4v) is 4.71. The van der Waals surface area contributed by atoms with E-state index in [0.29, 0.717) is 23.3 Å². The zero-order chi connectivity index (χ0) is 20.5. The summed E-state index contributed by atoms with van der Waals surface area (Å²) in [5.74, 6) is 1.78. The smallest absolute Gasteiger partial charge is 0.122 e. The van der Waals surface area contributed by atoms with Crippen molar-refractivity contribution in [1.82, 2.24) is 0 Å². The van der Waals surface area contributed by atoms with E-state index in [2.05, 4.69) is 53.7 Å².